The van der Waals surface area contributed by atoms with Crippen molar-refractivity contribution in [2.24, 2.45) is 17.6 Å². The highest BCUT2D eigenvalue weighted by atomic mass is 35.5. The molecule has 0 radical (unpaired) electrons. The Morgan fingerprint density at radius 1 is 1.12 bits per heavy atom. The van der Waals surface area contributed by atoms with E-state index in [-0.39, 0.29) is 0 Å². The molecule has 0 amide bonds. The molecule has 0 saturated heterocycles. The molecule has 1 aliphatic rings. The van der Waals surface area contributed by atoms with Gasteiger partial charge in [-0.3, -0.25) is 0 Å². The average molecular weight is 258 g/mol. The van der Waals surface area contributed by atoms with Crippen molar-refractivity contribution in [1.82, 2.24) is 0 Å². The lowest BCUT2D eigenvalue weighted by Gasteiger charge is -2.19. The Bertz CT molecular complexity index is 345. The van der Waals surface area contributed by atoms with Crippen molar-refractivity contribution in [1.29, 1.82) is 0 Å². The van der Waals surface area contributed by atoms with E-state index < -0.39 is 0 Å². The van der Waals surface area contributed by atoms with E-state index in [1.54, 1.807) is 0 Å². The Kier molecular flexibility index (Phi) is 4.12. The Morgan fingerprint density at radius 2 is 1.75 bits per heavy atom. The molecule has 0 bridgehead atoms. The lowest BCUT2D eigenvalue weighted by molar-refractivity contribution is 0.394. The molecule has 0 aromatic heterocycles. The van der Waals surface area contributed by atoms with Gasteiger partial charge in [-0.25, -0.2) is 0 Å². The fourth-order valence-electron chi connectivity index (χ4n) is 2.68. The first-order chi connectivity index (χ1) is 7.72. The monoisotopic (exact) mass is 257 g/mol. The summed E-state index contributed by atoms with van der Waals surface area (Å²) in [7, 11) is 0. The Morgan fingerprint density at radius 3 is 2.38 bits per heavy atom. The average Bonchev–Trinajstić information content (AvgIpc) is 2.71. The molecular weight excluding hydrogens is 241 g/mol. The maximum absolute atomic E-state index is 6.18. The van der Waals surface area contributed by atoms with Crippen LogP contribution in [-0.4, -0.2) is 6.54 Å². The van der Waals surface area contributed by atoms with Gasteiger partial charge in [0, 0.05) is 10.0 Å². The first-order valence-corrected chi connectivity index (χ1v) is 6.61. The summed E-state index contributed by atoms with van der Waals surface area (Å²) in [4.78, 5) is 0. The molecule has 0 aliphatic heterocycles. The summed E-state index contributed by atoms with van der Waals surface area (Å²) >= 11 is 12.4. The molecule has 1 saturated carbocycles. The third-order valence-electron chi connectivity index (χ3n) is 3.65. The van der Waals surface area contributed by atoms with Crippen LogP contribution in [0.25, 0.3) is 0 Å². The predicted octanol–water partition coefficient (Wildman–Crippen LogP) is 3.91. The molecule has 2 unspecified atom stereocenters. The summed E-state index contributed by atoms with van der Waals surface area (Å²) in [6.45, 7) is 0.784. The van der Waals surface area contributed by atoms with Crippen LogP contribution >= 0.6 is 23.2 Å². The van der Waals surface area contributed by atoms with E-state index >= 15 is 0 Å². The maximum atomic E-state index is 6.18. The second kappa shape index (κ2) is 5.39. The Hall–Kier alpha value is -0.240. The minimum absolute atomic E-state index is 0.646. The van der Waals surface area contributed by atoms with E-state index in [1.165, 1.54) is 19.3 Å². The van der Waals surface area contributed by atoms with E-state index in [2.05, 4.69) is 0 Å². The van der Waals surface area contributed by atoms with Gasteiger partial charge in [-0.05, 0) is 55.3 Å². The summed E-state index contributed by atoms with van der Waals surface area (Å²) in [5, 5.41) is 1.57. The van der Waals surface area contributed by atoms with Crippen LogP contribution < -0.4 is 5.73 Å². The number of nitrogens with two attached hydrogens (primary N) is 1. The Labute approximate surface area is 107 Å². The standard InChI is InChI=1S/C13H17Cl2N/c14-12-5-2-6-13(15)11(12)7-9-3-1-4-10(9)8-16/h2,5-6,9-10H,1,3-4,7-8,16H2. The van der Waals surface area contributed by atoms with Crippen LogP contribution in [0.5, 0.6) is 0 Å². The second-order valence-corrected chi connectivity index (χ2v) is 5.41. The quantitative estimate of drug-likeness (QED) is 0.873. The predicted molar refractivity (Wildman–Crippen MR) is 70.1 cm³/mol. The van der Waals surface area contributed by atoms with E-state index in [9.17, 15) is 0 Å². The molecule has 2 atom stereocenters. The molecule has 1 aromatic carbocycles. The van der Waals surface area contributed by atoms with Gasteiger partial charge in [0.2, 0.25) is 0 Å². The van der Waals surface area contributed by atoms with Crippen LogP contribution in [0.1, 0.15) is 24.8 Å². The van der Waals surface area contributed by atoms with Crippen molar-refractivity contribution in [3.05, 3.63) is 33.8 Å². The number of rotatable bonds is 3. The molecule has 0 spiro atoms. The van der Waals surface area contributed by atoms with Gasteiger partial charge >= 0.3 is 0 Å². The molecule has 0 heterocycles. The summed E-state index contributed by atoms with van der Waals surface area (Å²) in [5.41, 5.74) is 6.88. The number of halogens is 2. The van der Waals surface area contributed by atoms with E-state index in [1.807, 2.05) is 18.2 Å². The largest absolute Gasteiger partial charge is 0.330 e. The van der Waals surface area contributed by atoms with Gasteiger partial charge in [0.25, 0.3) is 0 Å². The number of benzene rings is 1. The summed E-state index contributed by atoms with van der Waals surface area (Å²) < 4.78 is 0. The summed E-state index contributed by atoms with van der Waals surface area (Å²) in [6, 6.07) is 5.72. The summed E-state index contributed by atoms with van der Waals surface area (Å²) in [6.07, 6.45) is 4.77. The van der Waals surface area contributed by atoms with Gasteiger partial charge in [0.15, 0.2) is 0 Å². The van der Waals surface area contributed by atoms with Gasteiger partial charge in [0.1, 0.15) is 0 Å². The van der Waals surface area contributed by atoms with Crippen LogP contribution in [0, 0.1) is 11.8 Å². The van der Waals surface area contributed by atoms with Crippen molar-refractivity contribution in [2.45, 2.75) is 25.7 Å². The molecule has 3 heteroatoms. The SMILES string of the molecule is NCC1CCCC1Cc1c(Cl)cccc1Cl. The third kappa shape index (κ3) is 2.53. The van der Waals surface area contributed by atoms with Crippen molar-refractivity contribution in [2.75, 3.05) is 6.54 Å². The molecule has 1 aliphatic carbocycles. The zero-order valence-corrected chi connectivity index (χ0v) is 10.8. The van der Waals surface area contributed by atoms with Gasteiger partial charge in [-0.15, -0.1) is 0 Å². The van der Waals surface area contributed by atoms with E-state index in [4.69, 9.17) is 28.9 Å². The molecule has 2 rings (SSSR count). The summed E-state index contributed by atoms with van der Waals surface area (Å²) in [5.74, 6) is 1.30. The lowest BCUT2D eigenvalue weighted by atomic mass is 9.90. The third-order valence-corrected chi connectivity index (χ3v) is 4.36. The minimum Gasteiger partial charge on any atom is -0.330 e. The number of hydrogen-bond acceptors (Lipinski definition) is 1. The molecule has 88 valence electrons. The highest BCUT2D eigenvalue weighted by Gasteiger charge is 2.27. The van der Waals surface area contributed by atoms with Crippen LogP contribution in [0.15, 0.2) is 18.2 Å². The topological polar surface area (TPSA) is 26.0 Å². The van der Waals surface area contributed by atoms with Gasteiger partial charge in [-0.1, -0.05) is 35.7 Å². The smallest absolute Gasteiger partial charge is 0.0452 e. The number of hydrogen-bond donors (Lipinski definition) is 1. The van der Waals surface area contributed by atoms with Crippen molar-refractivity contribution in [3.63, 3.8) is 0 Å². The second-order valence-electron chi connectivity index (χ2n) is 4.59. The zero-order chi connectivity index (χ0) is 11.5. The van der Waals surface area contributed by atoms with E-state index in [0.717, 1.165) is 28.6 Å². The van der Waals surface area contributed by atoms with Crippen LogP contribution in [0.2, 0.25) is 10.0 Å². The maximum Gasteiger partial charge on any atom is 0.0452 e. The van der Waals surface area contributed by atoms with Crippen molar-refractivity contribution >= 4 is 23.2 Å². The van der Waals surface area contributed by atoms with Gasteiger partial charge < -0.3 is 5.73 Å². The fraction of sp³-hybridized carbons (Fsp3) is 0.538. The lowest BCUT2D eigenvalue weighted by Crippen LogP contribution is -2.20. The van der Waals surface area contributed by atoms with Gasteiger partial charge in [-0.2, -0.15) is 0 Å². The van der Waals surface area contributed by atoms with Crippen molar-refractivity contribution < 1.29 is 0 Å². The van der Waals surface area contributed by atoms with E-state index in [0.29, 0.717) is 11.8 Å². The molecule has 1 fully saturated rings. The molecular formula is C13H17Cl2N. The molecule has 2 N–H and O–H groups in total. The van der Waals surface area contributed by atoms with Crippen LogP contribution in [-0.2, 0) is 6.42 Å². The first kappa shape index (κ1) is 12.2. The normalized spacial score (nSPS) is 24.9. The Balaban J connectivity index is 2.14. The molecule has 1 nitrogen and oxygen atoms in total. The van der Waals surface area contributed by atoms with Crippen LogP contribution in [0.4, 0.5) is 0 Å². The van der Waals surface area contributed by atoms with Crippen molar-refractivity contribution in [3.8, 4) is 0 Å². The molecule has 16 heavy (non-hydrogen) atoms. The first-order valence-electron chi connectivity index (χ1n) is 5.85. The van der Waals surface area contributed by atoms with Gasteiger partial charge in [0.05, 0.1) is 0 Å². The fourth-order valence-corrected chi connectivity index (χ4v) is 3.23. The molecule has 1 aromatic rings. The minimum atomic E-state index is 0.646. The van der Waals surface area contributed by atoms with Crippen LogP contribution in [0.3, 0.4) is 0 Å². The highest BCUT2D eigenvalue weighted by molar-refractivity contribution is 6.35. The highest BCUT2D eigenvalue weighted by Crippen LogP contribution is 2.36. The zero-order valence-electron chi connectivity index (χ0n) is 9.26.